The molecule has 2 aromatic heterocycles. The summed E-state index contributed by atoms with van der Waals surface area (Å²) >= 11 is 0. The van der Waals surface area contributed by atoms with E-state index in [4.69, 9.17) is 4.98 Å². The fourth-order valence-electron chi connectivity index (χ4n) is 3.24. The molecule has 4 aromatic rings. The van der Waals surface area contributed by atoms with Crippen molar-refractivity contribution in [1.82, 2.24) is 9.38 Å². The summed E-state index contributed by atoms with van der Waals surface area (Å²) in [5.41, 5.74) is 6.71. The Hall–Kier alpha value is -3.33. The lowest BCUT2D eigenvalue weighted by Crippen LogP contribution is -2.04. The van der Waals surface area contributed by atoms with Crippen molar-refractivity contribution in [1.29, 1.82) is 0 Å². The van der Waals surface area contributed by atoms with Crippen molar-refractivity contribution in [3.63, 3.8) is 0 Å². The van der Waals surface area contributed by atoms with Crippen LogP contribution in [0.3, 0.4) is 0 Å². The summed E-state index contributed by atoms with van der Waals surface area (Å²) in [5.74, 6) is 1.03. The molecule has 0 unspecified atom stereocenters. The second kappa shape index (κ2) is 7.50. The van der Waals surface area contributed by atoms with Crippen LogP contribution in [0.1, 0.15) is 29.3 Å². The van der Waals surface area contributed by atoms with Gasteiger partial charge in [0.1, 0.15) is 17.2 Å². The highest BCUT2D eigenvalue weighted by Gasteiger charge is 2.14. The van der Waals surface area contributed by atoms with Crippen LogP contribution in [0.25, 0.3) is 17.3 Å². The van der Waals surface area contributed by atoms with Crippen LogP contribution in [0, 0.1) is 6.92 Å². The van der Waals surface area contributed by atoms with Crippen molar-refractivity contribution in [2.75, 3.05) is 5.32 Å². The van der Waals surface area contributed by atoms with Crippen LogP contribution in [-0.2, 0) is 6.54 Å². The number of hydrogen-bond acceptors (Lipinski definition) is 2. The summed E-state index contributed by atoms with van der Waals surface area (Å²) in [6.45, 7) is 4.97. The fraction of sp³-hybridized carbons (Fsp3) is 0.125. The lowest BCUT2D eigenvalue weighted by molar-refractivity contribution is 1.08. The zero-order valence-electron chi connectivity index (χ0n) is 15.7. The van der Waals surface area contributed by atoms with Gasteiger partial charge in [0.2, 0.25) is 0 Å². The molecule has 0 spiro atoms. The standard InChI is InChI=1S/C24H23N3/c1-18-13-14-27-22(15-18)26-23(19(2)16-20-9-5-3-6-10-20)24(27)25-17-21-11-7-4-8-12-21/h3-16,25H,17H2,1-2H3. The summed E-state index contributed by atoms with van der Waals surface area (Å²) in [5, 5.41) is 3.60. The van der Waals surface area contributed by atoms with Crippen LogP contribution in [0.15, 0.2) is 79.0 Å². The maximum atomic E-state index is 4.91. The Morgan fingerprint density at radius 3 is 2.44 bits per heavy atom. The number of pyridine rings is 1. The number of hydrogen-bond donors (Lipinski definition) is 1. The quantitative estimate of drug-likeness (QED) is 0.490. The summed E-state index contributed by atoms with van der Waals surface area (Å²) in [7, 11) is 0. The van der Waals surface area contributed by atoms with E-state index in [9.17, 15) is 0 Å². The minimum absolute atomic E-state index is 0.758. The molecule has 0 amide bonds. The molecule has 1 N–H and O–H groups in total. The number of allylic oxidation sites excluding steroid dienone is 1. The molecule has 3 nitrogen and oxygen atoms in total. The highest BCUT2D eigenvalue weighted by Crippen LogP contribution is 2.27. The van der Waals surface area contributed by atoms with Crippen molar-refractivity contribution in [3.05, 3.63) is 101 Å². The van der Waals surface area contributed by atoms with Gasteiger partial charge in [0.15, 0.2) is 0 Å². The topological polar surface area (TPSA) is 29.3 Å². The van der Waals surface area contributed by atoms with E-state index in [1.54, 1.807) is 0 Å². The average Bonchev–Trinajstić information content (AvgIpc) is 3.05. The Morgan fingerprint density at radius 1 is 1.00 bits per heavy atom. The van der Waals surface area contributed by atoms with Gasteiger partial charge in [-0.1, -0.05) is 60.7 Å². The van der Waals surface area contributed by atoms with Crippen LogP contribution in [0.2, 0.25) is 0 Å². The SMILES string of the molecule is CC(=Cc1ccccc1)c1nc2cc(C)ccn2c1NCc1ccccc1. The molecule has 0 saturated heterocycles. The van der Waals surface area contributed by atoms with E-state index in [-0.39, 0.29) is 0 Å². The van der Waals surface area contributed by atoms with Gasteiger partial charge in [0, 0.05) is 12.7 Å². The van der Waals surface area contributed by atoms with Gasteiger partial charge in [0.25, 0.3) is 0 Å². The minimum atomic E-state index is 0.758. The third-order valence-corrected chi connectivity index (χ3v) is 4.64. The molecule has 0 aliphatic heterocycles. The van der Waals surface area contributed by atoms with Crippen LogP contribution in [0.5, 0.6) is 0 Å². The van der Waals surface area contributed by atoms with E-state index in [0.29, 0.717) is 0 Å². The summed E-state index contributed by atoms with van der Waals surface area (Å²) in [6, 6.07) is 25.0. The molecule has 0 bridgehead atoms. The fourth-order valence-corrected chi connectivity index (χ4v) is 3.24. The molecule has 2 aromatic carbocycles. The molecule has 3 heteroatoms. The number of nitrogens with zero attached hydrogens (tertiary/aromatic N) is 2. The number of aromatic nitrogens is 2. The molecule has 0 fully saturated rings. The first-order valence-corrected chi connectivity index (χ1v) is 9.21. The van der Waals surface area contributed by atoms with E-state index in [1.807, 2.05) is 12.1 Å². The number of benzene rings is 2. The Bertz CT molecular complexity index is 1080. The van der Waals surface area contributed by atoms with Gasteiger partial charge in [-0.05, 0) is 54.3 Å². The van der Waals surface area contributed by atoms with Crippen molar-refractivity contribution >= 4 is 23.1 Å². The molecule has 0 saturated carbocycles. The predicted molar refractivity (Wildman–Crippen MR) is 114 cm³/mol. The Balaban J connectivity index is 1.75. The average molecular weight is 353 g/mol. The van der Waals surface area contributed by atoms with Crippen molar-refractivity contribution in [3.8, 4) is 0 Å². The van der Waals surface area contributed by atoms with Crippen molar-refractivity contribution in [2.45, 2.75) is 20.4 Å². The van der Waals surface area contributed by atoms with E-state index in [2.05, 4.69) is 96.5 Å². The molecule has 0 atom stereocenters. The van der Waals surface area contributed by atoms with Crippen LogP contribution < -0.4 is 5.32 Å². The van der Waals surface area contributed by atoms with Gasteiger partial charge in [-0.2, -0.15) is 0 Å². The molecular weight excluding hydrogens is 330 g/mol. The lowest BCUT2D eigenvalue weighted by Gasteiger charge is -2.09. The molecule has 2 heterocycles. The second-order valence-electron chi connectivity index (χ2n) is 6.82. The largest absolute Gasteiger partial charge is 0.365 e. The Morgan fingerprint density at radius 2 is 1.70 bits per heavy atom. The highest BCUT2D eigenvalue weighted by molar-refractivity contribution is 5.84. The van der Waals surface area contributed by atoms with Crippen molar-refractivity contribution in [2.24, 2.45) is 0 Å². The molecule has 0 aliphatic carbocycles. The number of aryl methyl sites for hydroxylation is 1. The zero-order chi connectivity index (χ0) is 18.6. The smallest absolute Gasteiger partial charge is 0.139 e. The molecule has 0 radical (unpaired) electrons. The Labute approximate surface area is 160 Å². The normalized spacial score (nSPS) is 11.7. The molecule has 0 aliphatic rings. The van der Waals surface area contributed by atoms with Gasteiger partial charge in [-0.15, -0.1) is 0 Å². The first kappa shape index (κ1) is 17.1. The zero-order valence-corrected chi connectivity index (χ0v) is 15.7. The van der Waals surface area contributed by atoms with Gasteiger partial charge in [-0.25, -0.2) is 4.98 Å². The molecular formula is C24H23N3. The van der Waals surface area contributed by atoms with E-state index >= 15 is 0 Å². The number of anilines is 1. The highest BCUT2D eigenvalue weighted by atomic mass is 15.1. The van der Waals surface area contributed by atoms with Crippen LogP contribution in [0.4, 0.5) is 5.82 Å². The van der Waals surface area contributed by atoms with E-state index in [1.165, 1.54) is 16.7 Å². The summed E-state index contributed by atoms with van der Waals surface area (Å²) in [6.07, 6.45) is 4.27. The first-order valence-electron chi connectivity index (χ1n) is 9.21. The predicted octanol–water partition coefficient (Wildman–Crippen LogP) is 5.82. The molecule has 4 rings (SSSR count). The van der Waals surface area contributed by atoms with Gasteiger partial charge in [-0.3, -0.25) is 4.40 Å². The van der Waals surface area contributed by atoms with E-state index in [0.717, 1.165) is 29.3 Å². The first-order chi connectivity index (χ1) is 13.2. The summed E-state index contributed by atoms with van der Waals surface area (Å²) in [4.78, 5) is 4.91. The summed E-state index contributed by atoms with van der Waals surface area (Å²) < 4.78 is 2.13. The Kier molecular flexibility index (Phi) is 4.75. The number of fused-ring (bicyclic) bond motifs is 1. The number of imidazole rings is 1. The van der Waals surface area contributed by atoms with Gasteiger partial charge < -0.3 is 5.32 Å². The monoisotopic (exact) mass is 353 g/mol. The minimum Gasteiger partial charge on any atom is -0.365 e. The van der Waals surface area contributed by atoms with Gasteiger partial charge in [0.05, 0.1) is 0 Å². The third-order valence-electron chi connectivity index (χ3n) is 4.64. The number of nitrogens with one attached hydrogen (secondary N) is 1. The molecule has 134 valence electrons. The van der Waals surface area contributed by atoms with Crippen LogP contribution in [-0.4, -0.2) is 9.38 Å². The van der Waals surface area contributed by atoms with Crippen LogP contribution >= 0.6 is 0 Å². The maximum Gasteiger partial charge on any atom is 0.139 e. The lowest BCUT2D eigenvalue weighted by atomic mass is 10.1. The third kappa shape index (κ3) is 3.77. The van der Waals surface area contributed by atoms with Crippen molar-refractivity contribution < 1.29 is 0 Å². The van der Waals surface area contributed by atoms with E-state index < -0.39 is 0 Å². The number of rotatable bonds is 5. The maximum absolute atomic E-state index is 4.91. The van der Waals surface area contributed by atoms with Gasteiger partial charge >= 0.3 is 0 Å². The molecule has 27 heavy (non-hydrogen) atoms. The second-order valence-corrected chi connectivity index (χ2v) is 6.82.